The lowest BCUT2D eigenvalue weighted by Gasteiger charge is -2.12. The van der Waals surface area contributed by atoms with Gasteiger partial charge in [-0.1, -0.05) is 13.8 Å². The summed E-state index contributed by atoms with van der Waals surface area (Å²) < 4.78 is 7.26. The molecular formula is C17H22N4O3. The summed E-state index contributed by atoms with van der Waals surface area (Å²) in [5.41, 5.74) is 3.80. The highest BCUT2D eigenvalue weighted by Crippen LogP contribution is 2.21. The summed E-state index contributed by atoms with van der Waals surface area (Å²) in [5.74, 6) is 0.0267. The van der Waals surface area contributed by atoms with Gasteiger partial charge in [-0.15, -0.1) is 0 Å². The third kappa shape index (κ3) is 2.70. The first-order chi connectivity index (χ1) is 11.6. The highest BCUT2D eigenvalue weighted by molar-refractivity contribution is 6.08. The van der Waals surface area contributed by atoms with E-state index >= 15 is 0 Å². The Balaban J connectivity index is 1.80. The van der Waals surface area contributed by atoms with Crippen LogP contribution in [0.3, 0.4) is 0 Å². The molecule has 0 spiro atoms. The number of nitrogens with one attached hydrogen (secondary N) is 2. The quantitative estimate of drug-likeness (QED) is 0.866. The van der Waals surface area contributed by atoms with E-state index < -0.39 is 0 Å². The van der Waals surface area contributed by atoms with Gasteiger partial charge in [0, 0.05) is 37.8 Å². The Labute approximate surface area is 140 Å². The van der Waals surface area contributed by atoms with Gasteiger partial charge in [0.1, 0.15) is 12.0 Å². The van der Waals surface area contributed by atoms with E-state index in [0.717, 1.165) is 29.8 Å². The fourth-order valence-electron chi connectivity index (χ4n) is 3.23. The molecule has 0 aliphatic carbocycles. The van der Waals surface area contributed by atoms with Crippen LogP contribution in [0.25, 0.3) is 0 Å². The molecule has 0 atom stereocenters. The summed E-state index contributed by atoms with van der Waals surface area (Å²) in [4.78, 5) is 24.5. The number of carbonyl (C=O) groups is 2. The molecule has 3 heterocycles. The number of nitrogens with zero attached hydrogens (tertiary/aromatic N) is 2. The molecule has 7 heteroatoms. The van der Waals surface area contributed by atoms with E-state index in [4.69, 9.17) is 4.42 Å². The van der Waals surface area contributed by atoms with Crippen LogP contribution in [-0.4, -0.2) is 28.1 Å². The summed E-state index contributed by atoms with van der Waals surface area (Å²) in [6.45, 7) is 5.04. The molecule has 0 bridgehead atoms. The molecule has 2 N–H and O–H groups in total. The van der Waals surface area contributed by atoms with Crippen LogP contribution in [0.1, 0.15) is 57.3 Å². The minimum absolute atomic E-state index is 0.250. The van der Waals surface area contributed by atoms with E-state index in [0.29, 0.717) is 36.4 Å². The number of hydrogen-bond acceptors (Lipinski definition) is 4. The Kier molecular flexibility index (Phi) is 4.42. The van der Waals surface area contributed by atoms with Crippen molar-refractivity contribution in [2.24, 2.45) is 7.05 Å². The molecule has 0 saturated heterocycles. The van der Waals surface area contributed by atoms with Crippen LogP contribution in [0, 0.1) is 0 Å². The summed E-state index contributed by atoms with van der Waals surface area (Å²) in [6, 6.07) is 0. The van der Waals surface area contributed by atoms with Gasteiger partial charge in [0.2, 0.25) is 0 Å². The van der Waals surface area contributed by atoms with E-state index in [1.54, 1.807) is 0 Å². The Morgan fingerprint density at radius 2 is 2.21 bits per heavy atom. The second kappa shape index (κ2) is 6.51. The monoisotopic (exact) mass is 330 g/mol. The molecular weight excluding hydrogens is 308 g/mol. The van der Waals surface area contributed by atoms with Gasteiger partial charge in [0.05, 0.1) is 16.8 Å². The Morgan fingerprint density at radius 3 is 2.92 bits per heavy atom. The summed E-state index contributed by atoms with van der Waals surface area (Å²) in [6.07, 6.45) is 3.63. The Hall–Kier alpha value is -2.57. The van der Waals surface area contributed by atoms with E-state index in [1.165, 1.54) is 6.26 Å². The third-order valence-electron chi connectivity index (χ3n) is 4.43. The molecule has 0 aromatic carbocycles. The molecule has 24 heavy (non-hydrogen) atoms. The van der Waals surface area contributed by atoms with Crippen LogP contribution in [0.4, 0.5) is 0 Å². The maximum Gasteiger partial charge on any atom is 0.255 e. The number of fused-ring (bicyclic) bond motifs is 1. The number of rotatable bonds is 5. The molecule has 2 amide bonds. The molecule has 2 aromatic rings. The number of hydrogen-bond donors (Lipinski definition) is 2. The summed E-state index contributed by atoms with van der Waals surface area (Å²) >= 11 is 0. The predicted octanol–water partition coefficient (Wildman–Crippen LogP) is 1.35. The van der Waals surface area contributed by atoms with Crippen LogP contribution in [0.2, 0.25) is 0 Å². The molecule has 3 rings (SSSR count). The second-order valence-corrected chi connectivity index (χ2v) is 5.84. The second-order valence-electron chi connectivity index (χ2n) is 5.84. The highest BCUT2D eigenvalue weighted by Gasteiger charge is 2.28. The van der Waals surface area contributed by atoms with Gasteiger partial charge in [-0.05, 0) is 12.8 Å². The molecule has 1 aliphatic heterocycles. The van der Waals surface area contributed by atoms with Gasteiger partial charge in [0.15, 0.2) is 0 Å². The predicted molar refractivity (Wildman–Crippen MR) is 87.9 cm³/mol. The van der Waals surface area contributed by atoms with Gasteiger partial charge in [-0.2, -0.15) is 5.10 Å². The SMILES string of the molecule is CCc1nn(C)c(CC)c1CNC(=O)c1coc2c1C(=O)NCC2. The third-order valence-corrected chi connectivity index (χ3v) is 4.43. The van der Waals surface area contributed by atoms with E-state index in [2.05, 4.69) is 22.7 Å². The van der Waals surface area contributed by atoms with Crippen LogP contribution in [0.15, 0.2) is 10.7 Å². The van der Waals surface area contributed by atoms with Gasteiger partial charge >= 0.3 is 0 Å². The average Bonchev–Trinajstić information content (AvgIpc) is 3.14. The first-order valence-electron chi connectivity index (χ1n) is 8.27. The van der Waals surface area contributed by atoms with E-state index in [9.17, 15) is 9.59 Å². The molecule has 0 unspecified atom stereocenters. The van der Waals surface area contributed by atoms with Crippen molar-refractivity contribution >= 4 is 11.8 Å². The van der Waals surface area contributed by atoms with Crippen LogP contribution < -0.4 is 10.6 Å². The number of aryl methyl sites for hydroxylation is 2. The largest absolute Gasteiger partial charge is 0.468 e. The van der Waals surface area contributed by atoms with Crippen molar-refractivity contribution in [1.82, 2.24) is 20.4 Å². The van der Waals surface area contributed by atoms with Crippen molar-refractivity contribution < 1.29 is 14.0 Å². The lowest BCUT2D eigenvalue weighted by Crippen LogP contribution is -2.33. The molecule has 2 aromatic heterocycles. The first-order valence-corrected chi connectivity index (χ1v) is 8.27. The summed E-state index contributed by atoms with van der Waals surface area (Å²) in [5, 5.41) is 10.1. The molecule has 0 saturated carbocycles. The average molecular weight is 330 g/mol. The standard InChI is InChI=1S/C17H22N4O3/c1-4-12-10(13(5-2)21(3)20-12)8-19-16(22)11-9-24-14-6-7-18-17(23)15(11)14/h9H,4-8H2,1-3H3,(H,18,23)(H,19,22). The van der Waals surface area contributed by atoms with E-state index in [1.807, 2.05) is 18.7 Å². The summed E-state index contributed by atoms with van der Waals surface area (Å²) in [7, 11) is 1.92. The topological polar surface area (TPSA) is 89.2 Å². The number of amides is 2. The van der Waals surface area contributed by atoms with Crippen molar-refractivity contribution in [3.05, 3.63) is 40.1 Å². The molecule has 128 valence electrons. The van der Waals surface area contributed by atoms with Crippen molar-refractivity contribution in [1.29, 1.82) is 0 Å². The molecule has 0 radical (unpaired) electrons. The fourth-order valence-corrected chi connectivity index (χ4v) is 3.23. The van der Waals surface area contributed by atoms with Crippen LogP contribution >= 0.6 is 0 Å². The normalized spacial score (nSPS) is 13.5. The molecule has 0 fully saturated rings. The van der Waals surface area contributed by atoms with Crippen molar-refractivity contribution in [2.45, 2.75) is 39.7 Å². The van der Waals surface area contributed by atoms with Gasteiger partial charge in [-0.3, -0.25) is 14.3 Å². The fraction of sp³-hybridized carbons (Fsp3) is 0.471. The zero-order valence-electron chi connectivity index (χ0n) is 14.2. The minimum atomic E-state index is -0.301. The zero-order valence-corrected chi connectivity index (χ0v) is 14.2. The van der Waals surface area contributed by atoms with Gasteiger partial charge in [-0.25, -0.2) is 0 Å². The first kappa shape index (κ1) is 16.3. The molecule has 1 aliphatic rings. The van der Waals surface area contributed by atoms with E-state index in [-0.39, 0.29) is 11.8 Å². The highest BCUT2D eigenvalue weighted by atomic mass is 16.3. The van der Waals surface area contributed by atoms with Crippen molar-refractivity contribution in [3.8, 4) is 0 Å². The number of furan rings is 1. The Bertz CT molecular complexity index is 788. The van der Waals surface area contributed by atoms with Gasteiger partial charge < -0.3 is 15.1 Å². The maximum absolute atomic E-state index is 12.5. The zero-order chi connectivity index (χ0) is 17.3. The number of aromatic nitrogens is 2. The van der Waals surface area contributed by atoms with Gasteiger partial charge in [0.25, 0.3) is 11.8 Å². The lowest BCUT2D eigenvalue weighted by molar-refractivity contribution is 0.0913. The lowest BCUT2D eigenvalue weighted by atomic mass is 10.0. The minimum Gasteiger partial charge on any atom is -0.468 e. The van der Waals surface area contributed by atoms with Crippen molar-refractivity contribution in [3.63, 3.8) is 0 Å². The van der Waals surface area contributed by atoms with Crippen LogP contribution in [-0.2, 0) is 32.9 Å². The molecule has 7 nitrogen and oxygen atoms in total. The number of carbonyl (C=O) groups excluding carboxylic acids is 2. The van der Waals surface area contributed by atoms with Crippen LogP contribution in [0.5, 0.6) is 0 Å². The van der Waals surface area contributed by atoms with Crippen molar-refractivity contribution in [2.75, 3.05) is 6.54 Å². The smallest absolute Gasteiger partial charge is 0.255 e. The maximum atomic E-state index is 12.5. The Morgan fingerprint density at radius 1 is 1.42 bits per heavy atom.